The van der Waals surface area contributed by atoms with Crippen LogP contribution >= 0.6 is 0 Å². The molecule has 0 aliphatic carbocycles. The summed E-state index contributed by atoms with van der Waals surface area (Å²) in [4.78, 5) is 1.76. The lowest BCUT2D eigenvalue weighted by Gasteiger charge is -2.22. The molecule has 1 aliphatic heterocycles. The first kappa shape index (κ1) is 15.8. The zero-order chi connectivity index (χ0) is 12.8. The summed E-state index contributed by atoms with van der Waals surface area (Å²) < 4.78 is 31.0. The van der Waals surface area contributed by atoms with E-state index in [1.165, 1.54) is 0 Å². The Morgan fingerprint density at radius 3 is 2.19 bits per heavy atom. The number of alkyl halides is 2. The highest BCUT2D eigenvalue weighted by atomic mass is 19.3. The van der Waals surface area contributed by atoms with E-state index in [4.69, 9.17) is 4.74 Å². The fourth-order valence-electron chi connectivity index (χ4n) is 1.48. The molecule has 0 aromatic carbocycles. The van der Waals surface area contributed by atoms with Gasteiger partial charge in [-0.25, -0.2) is 8.78 Å². The molecule has 2 nitrogen and oxygen atoms in total. The molecule has 1 saturated heterocycles. The summed E-state index contributed by atoms with van der Waals surface area (Å²) in [7, 11) is 0. The molecule has 1 fully saturated rings. The molecule has 4 heteroatoms. The van der Waals surface area contributed by atoms with Crippen LogP contribution in [0.2, 0.25) is 0 Å². The van der Waals surface area contributed by atoms with Crippen molar-refractivity contribution in [2.24, 2.45) is 0 Å². The van der Waals surface area contributed by atoms with Crippen LogP contribution in [0.4, 0.5) is 8.78 Å². The van der Waals surface area contributed by atoms with Gasteiger partial charge in [0, 0.05) is 19.5 Å². The van der Waals surface area contributed by atoms with Gasteiger partial charge in [0.2, 0.25) is 0 Å². The Morgan fingerprint density at radius 1 is 1.25 bits per heavy atom. The Hall–Kier alpha value is -0.220. The van der Waals surface area contributed by atoms with Gasteiger partial charge in [-0.05, 0) is 20.8 Å². The summed E-state index contributed by atoms with van der Waals surface area (Å²) in [6.45, 7) is 11.4. The van der Waals surface area contributed by atoms with E-state index in [9.17, 15) is 8.78 Å². The molecule has 0 radical (unpaired) electrons. The summed E-state index contributed by atoms with van der Waals surface area (Å²) in [5.74, 6) is -2.48. The highest BCUT2D eigenvalue weighted by Crippen LogP contribution is 2.26. The second-order valence-corrected chi connectivity index (χ2v) is 4.84. The lowest BCUT2D eigenvalue weighted by Crippen LogP contribution is -2.31. The van der Waals surface area contributed by atoms with Gasteiger partial charge >= 0.3 is 0 Å². The molecule has 0 aromatic heterocycles. The molecule has 1 aliphatic rings. The number of nitrogens with zero attached hydrogens (tertiary/aromatic N) is 1. The Morgan fingerprint density at radius 2 is 1.81 bits per heavy atom. The third kappa shape index (κ3) is 7.12. The highest BCUT2D eigenvalue weighted by Gasteiger charge is 2.37. The van der Waals surface area contributed by atoms with E-state index in [-0.39, 0.29) is 18.6 Å². The minimum atomic E-state index is -2.48. The zero-order valence-corrected chi connectivity index (χ0v) is 11.1. The predicted octanol–water partition coefficient (Wildman–Crippen LogP) is 3.17. The van der Waals surface area contributed by atoms with Gasteiger partial charge in [0.1, 0.15) is 0 Å². The number of hydrogen-bond donors (Lipinski definition) is 0. The van der Waals surface area contributed by atoms with E-state index in [0.717, 1.165) is 0 Å². The van der Waals surface area contributed by atoms with Gasteiger partial charge in [-0.15, -0.1) is 0 Å². The van der Waals surface area contributed by atoms with Crippen LogP contribution in [0.5, 0.6) is 0 Å². The molecule has 0 saturated carbocycles. The summed E-state index contributed by atoms with van der Waals surface area (Å²) in [5, 5.41) is 0. The predicted molar refractivity (Wildman–Crippen MR) is 63.1 cm³/mol. The maximum atomic E-state index is 12.8. The standard InChI is InChI=1S/C10H19F2NO.C2H6/c1-9(2,3)14-7-6-13-5-4-10(11,12)8-13;1-2/h4-8H2,1-3H3;1-2H3. The van der Waals surface area contributed by atoms with Crippen molar-refractivity contribution in [2.75, 3.05) is 26.2 Å². The van der Waals surface area contributed by atoms with Crippen LogP contribution in [0.1, 0.15) is 41.0 Å². The quantitative estimate of drug-likeness (QED) is 0.747. The summed E-state index contributed by atoms with van der Waals surface area (Å²) in [6, 6.07) is 0. The first-order valence-electron chi connectivity index (χ1n) is 6.03. The minimum absolute atomic E-state index is 0.0114. The molecular weight excluding hydrogens is 212 g/mol. The van der Waals surface area contributed by atoms with E-state index in [2.05, 4.69) is 0 Å². The van der Waals surface area contributed by atoms with Crippen LogP contribution in [-0.4, -0.2) is 42.7 Å². The summed E-state index contributed by atoms with van der Waals surface area (Å²) in [6.07, 6.45) is -0.0114. The number of rotatable bonds is 3. The van der Waals surface area contributed by atoms with Gasteiger partial charge in [-0.2, -0.15) is 0 Å². The number of likely N-dealkylation sites (tertiary alicyclic amines) is 1. The van der Waals surface area contributed by atoms with Gasteiger partial charge in [-0.1, -0.05) is 13.8 Å². The monoisotopic (exact) mass is 237 g/mol. The molecule has 1 rings (SSSR count). The van der Waals surface area contributed by atoms with Crippen LogP contribution in [0, 0.1) is 0 Å². The Labute approximate surface area is 98.0 Å². The van der Waals surface area contributed by atoms with E-state index < -0.39 is 5.92 Å². The third-order valence-corrected chi connectivity index (χ3v) is 2.19. The van der Waals surface area contributed by atoms with Crippen molar-refractivity contribution in [3.63, 3.8) is 0 Å². The van der Waals surface area contributed by atoms with Gasteiger partial charge in [0.15, 0.2) is 0 Å². The molecule has 0 spiro atoms. The zero-order valence-electron chi connectivity index (χ0n) is 11.1. The number of halogens is 2. The van der Waals surface area contributed by atoms with Crippen molar-refractivity contribution in [1.82, 2.24) is 4.90 Å². The van der Waals surface area contributed by atoms with Crippen LogP contribution in [0.3, 0.4) is 0 Å². The Bertz CT molecular complexity index is 190. The topological polar surface area (TPSA) is 12.5 Å². The van der Waals surface area contributed by atoms with Crippen LogP contribution in [0.25, 0.3) is 0 Å². The molecule has 1 heterocycles. The van der Waals surface area contributed by atoms with Gasteiger partial charge < -0.3 is 4.74 Å². The third-order valence-electron chi connectivity index (χ3n) is 2.19. The molecule has 0 bridgehead atoms. The molecule has 0 unspecified atom stereocenters. The molecule has 16 heavy (non-hydrogen) atoms. The maximum Gasteiger partial charge on any atom is 0.261 e. The van der Waals surface area contributed by atoms with Crippen molar-refractivity contribution in [2.45, 2.75) is 52.6 Å². The van der Waals surface area contributed by atoms with Gasteiger partial charge in [0.05, 0.1) is 18.8 Å². The smallest absolute Gasteiger partial charge is 0.261 e. The normalized spacial score (nSPS) is 20.4. The molecule has 0 amide bonds. The first-order chi connectivity index (χ1) is 7.29. The molecular formula is C12H25F2NO. The minimum Gasteiger partial charge on any atom is -0.375 e. The van der Waals surface area contributed by atoms with Crippen molar-refractivity contribution in [3.8, 4) is 0 Å². The van der Waals surface area contributed by atoms with Crippen LogP contribution in [-0.2, 0) is 4.74 Å². The largest absolute Gasteiger partial charge is 0.375 e. The summed E-state index contributed by atoms with van der Waals surface area (Å²) >= 11 is 0. The van der Waals surface area contributed by atoms with Crippen molar-refractivity contribution >= 4 is 0 Å². The van der Waals surface area contributed by atoms with Gasteiger partial charge in [0.25, 0.3) is 5.92 Å². The average molecular weight is 237 g/mol. The van der Waals surface area contributed by atoms with Crippen molar-refractivity contribution in [3.05, 3.63) is 0 Å². The fraction of sp³-hybridized carbons (Fsp3) is 1.00. The Kier molecular flexibility index (Phi) is 6.41. The second kappa shape index (κ2) is 6.50. The maximum absolute atomic E-state index is 12.8. The van der Waals surface area contributed by atoms with Gasteiger partial charge in [-0.3, -0.25) is 4.90 Å². The molecule has 98 valence electrons. The SMILES string of the molecule is CC.CC(C)(C)OCCN1CCC(F)(F)C1. The van der Waals surface area contributed by atoms with E-state index in [0.29, 0.717) is 19.7 Å². The summed E-state index contributed by atoms with van der Waals surface area (Å²) in [5.41, 5.74) is -0.178. The first-order valence-corrected chi connectivity index (χ1v) is 6.03. The average Bonchev–Trinajstić information content (AvgIpc) is 2.47. The van der Waals surface area contributed by atoms with E-state index in [1.54, 1.807) is 4.90 Å². The highest BCUT2D eigenvalue weighted by molar-refractivity contribution is 4.81. The van der Waals surface area contributed by atoms with Crippen molar-refractivity contribution < 1.29 is 13.5 Å². The number of ether oxygens (including phenoxy) is 1. The number of hydrogen-bond acceptors (Lipinski definition) is 2. The van der Waals surface area contributed by atoms with E-state index in [1.807, 2.05) is 34.6 Å². The fourth-order valence-corrected chi connectivity index (χ4v) is 1.48. The lowest BCUT2D eigenvalue weighted by molar-refractivity contribution is -0.0194. The van der Waals surface area contributed by atoms with Crippen molar-refractivity contribution in [1.29, 1.82) is 0 Å². The Balaban J connectivity index is 0.00000106. The lowest BCUT2D eigenvalue weighted by atomic mass is 10.2. The van der Waals surface area contributed by atoms with Crippen LogP contribution in [0.15, 0.2) is 0 Å². The molecule has 0 aromatic rings. The van der Waals surface area contributed by atoms with Crippen LogP contribution < -0.4 is 0 Å². The van der Waals surface area contributed by atoms with E-state index >= 15 is 0 Å². The molecule has 0 atom stereocenters. The second-order valence-electron chi connectivity index (χ2n) is 4.84. The molecule has 0 N–H and O–H groups in total.